The molecule has 1 aliphatic heterocycles. The number of carbonyl (C=O) groups excluding carboxylic acids is 1. The monoisotopic (exact) mass is 365 g/mol. The smallest absolute Gasteiger partial charge is 0.237 e. The van der Waals surface area contributed by atoms with Crippen LogP contribution in [-0.2, 0) is 13.8 Å². The van der Waals surface area contributed by atoms with Crippen LogP contribution in [0.3, 0.4) is 0 Å². The van der Waals surface area contributed by atoms with E-state index >= 15 is 0 Å². The summed E-state index contributed by atoms with van der Waals surface area (Å²) >= 11 is 3.35. The van der Waals surface area contributed by atoms with Crippen molar-refractivity contribution in [2.24, 2.45) is 0 Å². The van der Waals surface area contributed by atoms with Crippen LogP contribution in [0, 0.1) is 0 Å². The van der Waals surface area contributed by atoms with Crippen LogP contribution in [-0.4, -0.2) is 31.0 Å². The average Bonchev–Trinajstić information content (AvgIpc) is 2.71. The molecule has 19 heavy (non-hydrogen) atoms. The molecular weight excluding hydrogens is 354 g/mol. The van der Waals surface area contributed by atoms with Gasteiger partial charge in [-0.2, -0.15) is 0 Å². The highest BCUT2D eigenvalue weighted by Gasteiger charge is 2.39. The lowest BCUT2D eigenvalue weighted by atomic mass is 10.1. The van der Waals surface area contributed by atoms with Gasteiger partial charge < -0.3 is 4.90 Å². The maximum atomic E-state index is 11.9. The molecule has 1 amide bonds. The van der Waals surface area contributed by atoms with E-state index in [1.54, 1.807) is 4.90 Å². The first-order chi connectivity index (χ1) is 8.79. The van der Waals surface area contributed by atoms with Crippen molar-refractivity contribution >= 4 is 41.6 Å². The van der Waals surface area contributed by atoms with Crippen molar-refractivity contribution in [3.05, 3.63) is 34.3 Å². The number of rotatable bonds is 3. The number of halogens is 2. The Labute approximate surface area is 125 Å². The molecule has 0 spiro atoms. The van der Waals surface area contributed by atoms with E-state index in [9.17, 15) is 13.2 Å². The molecular formula is C12H13BrClNO3S. The van der Waals surface area contributed by atoms with Gasteiger partial charge in [-0.3, -0.25) is 4.79 Å². The highest BCUT2D eigenvalue weighted by Crippen LogP contribution is 2.30. The van der Waals surface area contributed by atoms with Gasteiger partial charge in [0.2, 0.25) is 15.0 Å². The minimum atomic E-state index is -3.69. The van der Waals surface area contributed by atoms with Crippen molar-refractivity contribution in [3.63, 3.8) is 0 Å². The maximum Gasteiger partial charge on any atom is 0.237 e. The molecule has 1 fully saturated rings. The third kappa shape index (κ3) is 3.30. The van der Waals surface area contributed by atoms with Gasteiger partial charge in [0.15, 0.2) is 0 Å². The summed E-state index contributed by atoms with van der Waals surface area (Å²) in [6.07, 6.45) is -0.0350. The summed E-state index contributed by atoms with van der Waals surface area (Å²) in [6, 6.07) is 7.43. The Morgan fingerprint density at radius 2 is 1.95 bits per heavy atom. The van der Waals surface area contributed by atoms with E-state index < -0.39 is 14.3 Å². The van der Waals surface area contributed by atoms with Gasteiger partial charge in [0.05, 0.1) is 6.04 Å². The van der Waals surface area contributed by atoms with Gasteiger partial charge >= 0.3 is 0 Å². The maximum absolute atomic E-state index is 11.9. The predicted molar refractivity (Wildman–Crippen MR) is 77.4 cm³/mol. The van der Waals surface area contributed by atoms with Crippen molar-refractivity contribution in [1.82, 2.24) is 4.90 Å². The van der Waals surface area contributed by atoms with Crippen molar-refractivity contribution in [1.29, 1.82) is 0 Å². The Kier molecular flexibility index (Phi) is 4.23. The molecule has 4 nitrogen and oxygen atoms in total. The number of hydrogen-bond donors (Lipinski definition) is 0. The fourth-order valence-corrected chi connectivity index (χ4v) is 3.48. The zero-order chi connectivity index (χ0) is 14.2. The molecule has 1 aromatic carbocycles. The van der Waals surface area contributed by atoms with E-state index in [1.165, 1.54) is 0 Å². The number of carbonyl (C=O) groups is 1. The highest BCUT2D eigenvalue weighted by atomic mass is 79.9. The molecule has 1 aliphatic rings. The second-order valence-electron chi connectivity index (χ2n) is 4.58. The summed E-state index contributed by atoms with van der Waals surface area (Å²) in [4.78, 5) is 13.5. The summed E-state index contributed by atoms with van der Waals surface area (Å²) in [5.41, 5.74) is 0.962. The Hall–Kier alpha value is -0.590. The Morgan fingerprint density at radius 1 is 1.37 bits per heavy atom. The van der Waals surface area contributed by atoms with E-state index in [0.717, 1.165) is 10.0 Å². The third-order valence-corrected chi connectivity index (χ3v) is 5.74. The second-order valence-corrected chi connectivity index (χ2v) is 8.40. The summed E-state index contributed by atoms with van der Waals surface area (Å²) in [6.45, 7) is 2.03. The zero-order valence-electron chi connectivity index (χ0n) is 10.2. The standard InChI is InChI=1S/C12H13BrClNO3S/c1-8(9-2-4-10(13)5-3-9)15-7-11(6-12(15)16)19(14,17)18/h2-5,8,11H,6-7H2,1H3/t8-,11?/m0/s1. The number of nitrogens with zero attached hydrogens (tertiary/aromatic N) is 1. The summed E-state index contributed by atoms with van der Waals surface area (Å²) < 4.78 is 23.6. The van der Waals surface area contributed by atoms with Gasteiger partial charge in [0.25, 0.3) is 0 Å². The van der Waals surface area contributed by atoms with Crippen LogP contribution < -0.4 is 0 Å². The Bertz CT molecular complexity index is 587. The zero-order valence-corrected chi connectivity index (χ0v) is 13.4. The van der Waals surface area contributed by atoms with Crippen LogP contribution in [0.25, 0.3) is 0 Å². The Morgan fingerprint density at radius 3 is 2.42 bits per heavy atom. The lowest BCUT2D eigenvalue weighted by Crippen LogP contribution is -2.30. The van der Waals surface area contributed by atoms with Gasteiger partial charge in [-0.15, -0.1) is 0 Å². The molecule has 104 valence electrons. The molecule has 7 heteroatoms. The SMILES string of the molecule is C[C@@H](c1ccc(Br)cc1)N1CC(S(=O)(=O)Cl)CC1=O. The minimum absolute atomic E-state index is 0.0350. The highest BCUT2D eigenvalue weighted by molar-refractivity contribution is 9.10. The van der Waals surface area contributed by atoms with Gasteiger partial charge in [0.1, 0.15) is 5.25 Å². The number of likely N-dealkylation sites (tertiary alicyclic amines) is 1. The molecule has 1 unspecified atom stereocenters. The van der Waals surface area contributed by atoms with E-state index in [-0.39, 0.29) is 24.9 Å². The molecule has 0 aliphatic carbocycles. The van der Waals surface area contributed by atoms with Crippen LogP contribution in [0.4, 0.5) is 0 Å². The van der Waals surface area contributed by atoms with Gasteiger partial charge in [-0.25, -0.2) is 8.42 Å². The van der Waals surface area contributed by atoms with E-state index in [0.29, 0.717) is 0 Å². The summed E-state index contributed by atoms with van der Waals surface area (Å²) in [5, 5.41) is -0.806. The molecule has 1 saturated heterocycles. The number of hydrogen-bond acceptors (Lipinski definition) is 3. The molecule has 0 saturated carbocycles. The van der Waals surface area contributed by atoms with E-state index in [1.807, 2.05) is 31.2 Å². The Balaban J connectivity index is 2.18. The van der Waals surface area contributed by atoms with Gasteiger partial charge in [-0.05, 0) is 24.6 Å². The number of amides is 1. The van der Waals surface area contributed by atoms with Crippen molar-refractivity contribution in [2.45, 2.75) is 24.6 Å². The fourth-order valence-electron chi connectivity index (χ4n) is 2.18. The van der Waals surface area contributed by atoms with Gasteiger partial charge in [-0.1, -0.05) is 28.1 Å². The van der Waals surface area contributed by atoms with E-state index in [4.69, 9.17) is 10.7 Å². The molecule has 1 heterocycles. The first-order valence-electron chi connectivity index (χ1n) is 5.77. The van der Waals surface area contributed by atoms with Crippen LogP contribution in [0.15, 0.2) is 28.7 Å². The predicted octanol–water partition coefficient (Wildman–Crippen LogP) is 2.68. The fraction of sp³-hybridized carbons (Fsp3) is 0.417. The first kappa shape index (κ1) is 14.8. The van der Waals surface area contributed by atoms with Crippen LogP contribution >= 0.6 is 26.6 Å². The quantitative estimate of drug-likeness (QED) is 0.773. The normalized spacial score (nSPS) is 21.7. The van der Waals surface area contributed by atoms with Crippen LogP contribution in [0.2, 0.25) is 0 Å². The average molecular weight is 367 g/mol. The topological polar surface area (TPSA) is 54.5 Å². The van der Waals surface area contributed by atoms with Crippen LogP contribution in [0.1, 0.15) is 24.9 Å². The van der Waals surface area contributed by atoms with Gasteiger partial charge in [0, 0.05) is 28.1 Å². The molecule has 1 aromatic rings. The molecule has 2 atom stereocenters. The molecule has 0 aromatic heterocycles. The van der Waals surface area contributed by atoms with Crippen LogP contribution in [0.5, 0.6) is 0 Å². The molecule has 0 N–H and O–H groups in total. The first-order valence-corrected chi connectivity index (χ1v) is 8.94. The van der Waals surface area contributed by atoms with Crippen molar-refractivity contribution in [3.8, 4) is 0 Å². The number of benzene rings is 1. The van der Waals surface area contributed by atoms with Crippen molar-refractivity contribution in [2.75, 3.05) is 6.54 Å². The summed E-state index contributed by atoms with van der Waals surface area (Å²) in [7, 11) is 1.64. The lowest BCUT2D eigenvalue weighted by molar-refractivity contribution is -0.129. The van der Waals surface area contributed by atoms with Crippen molar-refractivity contribution < 1.29 is 13.2 Å². The third-order valence-electron chi connectivity index (χ3n) is 3.34. The summed E-state index contributed by atoms with van der Waals surface area (Å²) in [5.74, 6) is -0.176. The second kappa shape index (κ2) is 5.42. The van der Waals surface area contributed by atoms with E-state index in [2.05, 4.69) is 15.9 Å². The molecule has 0 radical (unpaired) electrons. The molecule has 2 rings (SSSR count). The largest absolute Gasteiger partial charge is 0.335 e. The minimum Gasteiger partial charge on any atom is -0.335 e. The molecule has 0 bridgehead atoms. The lowest BCUT2D eigenvalue weighted by Gasteiger charge is -2.25.